The number of carbonyl (C=O) groups excluding carboxylic acids is 1. The van der Waals surface area contributed by atoms with Gasteiger partial charge in [-0.15, -0.1) is 0 Å². The van der Waals surface area contributed by atoms with Gasteiger partial charge in [-0.2, -0.15) is 0 Å². The van der Waals surface area contributed by atoms with E-state index in [1.54, 1.807) is 18.2 Å². The zero-order valence-corrected chi connectivity index (χ0v) is 15.4. The molecule has 0 spiro atoms. The van der Waals surface area contributed by atoms with Crippen molar-refractivity contribution in [2.24, 2.45) is 0 Å². The van der Waals surface area contributed by atoms with Gasteiger partial charge in [-0.1, -0.05) is 36.4 Å². The van der Waals surface area contributed by atoms with Crippen molar-refractivity contribution in [2.75, 3.05) is 31.9 Å². The third kappa shape index (κ3) is 3.42. The Morgan fingerprint density at radius 1 is 1.07 bits per heavy atom. The van der Waals surface area contributed by atoms with Gasteiger partial charge in [0.1, 0.15) is 17.1 Å². The zero-order chi connectivity index (χ0) is 18.9. The number of aliphatic hydroxyl groups is 1. The number of hydrogen-bond donors (Lipinski definition) is 2. The number of pyridine rings is 1. The predicted octanol–water partition coefficient (Wildman–Crippen LogP) is 1.86. The second-order valence-electron chi connectivity index (χ2n) is 7.50. The van der Waals surface area contributed by atoms with Gasteiger partial charge in [0, 0.05) is 13.1 Å². The predicted molar refractivity (Wildman–Crippen MR) is 104 cm³/mol. The topological polar surface area (TPSA) is 82.7 Å². The Bertz CT molecular complexity index is 807. The molecule has 1 aromatic heterocycles. The molecule has 2 aliphatic rings. The van der Waals surface area contributed by atoms with E-state index in [2.05, 4.69) is 9.88 Å². The maximum atomic E-state index is 13.0. The van der Waals surface area contributed by atoms with E-state index in [0.29, 0.717) is 31.0 Å². The fourth-order valence-electron chi connectivity index (χ4n) is 4.37. The Labute approximate surface area is 159 Å². The number of amides is 1. The number of anilines is 1. The summed E-state index contributed by atoms with van der Waals surface area (Å²) in [6, 6.07) is 14.8. The zero-order valence-electron chi connectivity index (χ0n) is 15.4. The highest BCUT2D eigenvalue weighted by Gasteiger charge is 2.47. The average molecular weight is 366 g/mol. The number of hydrogen-bond acceptors (Lipinski definition) is 5. The molecule has 2 aromatic rings. The van der Waals surface area contributed by atoms with Gasteiger partial charge in [-0.3, -0.25) is 9.69 Å². The molecule has 2 fully saturated rings. The van der Waals surface area contributed by atoms with Gasteiger partial charge in [0.25, 0.3) is 5.91 Å². The number of carbonyl (C=O) groups is 1. The van der Waals surface area contributed by atoms with Crippen LogP contribution in [-0.4, -0.2) is 58.0 Å². The number of nitrogens with two attached hydrogens (primary N) is 1. The molecule has 0 saturated carbocycles. The van der Waals surface area contributed by atoms with E-state index in [0.717, 1.165) is 31.5 Å². The van der Waals surface area contributed by atoms with Crippen molar-refractivity contribution in [1.82, 2.24) is 14.8 Å². The second kappa shape index (κ2) is 7.29. The lowest BCUT2D eigenvalue weighted by molar-refractivity contribution is -0.0878. The molecule has 0 unspecified atom stereocenters. The minimum Gasteiger partial charge on any atom is -0.384 e. The summed E-state index contributed by atoms with van der Waals surface area (Å²) in [5, 5.41) is 11.7. The van der Waals surface area contributed by atoms with Crippen molar-refractivity contribution in [3.05, 3.63) is 59.8 Å². The van der Waals surface area contributed by atoms with Gasteiger partial charge in [-0.25, -0.2) is 4.98 Å². The van der Waals surface area contributed by atoms with Crippen LogP contribution in [0.4, 0.5) is 5.82 Å². The van der Waals surface area contributed by atoms with Crippen molar-refractivity contribution in [3.8, 4) is 0 Å². The molecule has 0 aliphatic carbocycles. The summed E-state index contributed by atoms with van der Waals surface area (Å²) >= 11 is 0. The summed E-state index contributed by atoms with van der Waals surface area (Å²) < 4.78 is 0. The molecule has 4 rings (SSSR count). The first-order valence-electron chi connectivity index (χ1n) is 9.62. The first kappa shape index (κ1) is 17.9. The molecule has 1 aromatic carbocycles. The van der Waals surface area contributed by atoms with Crippen LogP contribution in [0.15, 0.2) is 48.5 Å². The first-order valence-corrected chi connectivity index (χ1v) is 9.62. The molecule has 2 saturated heterocycles. The number of benzene rings is 1. The normalized spacial score (nSPS) is 26.3. The Balaban J connectivity index is 1.62. The van der Waals surface area contributed by atoms with Gasteiger partial charge >= 0.3 is 0 Å². The minimum atomic E-state index is -0.953. The van der Waals surface area contributed by atoms with Gasteiger partial charge in [-0.05, 0) is 50.0 Å². The van der Waals surface area contributed by atoms with E-state index < -0.39 is 5.60 Å². The highest BCUT2D eigenvalue weighted by molar-refractivity contribution is 5.92. The third-order valence-electron chi connectivity index (χ3n) is 5.84. The van der Waals surface area contributed by atoms with Crippen LogP contribution in [-0.2, 0) is 5.60 Å². The summed E-state index contributed by atoms with van der Waals surface area (Å²) in [6.45, 7) is 2.89. The van der Waals surface area contributed by atoms with E-state index in [1.807, 2.05) is 35.2 Å². The lowest BCUT2D eigenvalue weighted by Crippen LogP contribution is -2.61. The Morgan fingerprint density at radius 3 is 2.52 bits per heavy atom. The molecule has 2 atom stereocenters. The van der Waals surface area contributed by atoms with Gasteiger partial charge in [0.2, 0.25) is 0 Å². The van der Waals surface area contributed by atoms with Crippen molar-refractivity contribution >= 4 is 11.7 Å². The van der Waals surface area contributed by atoms with Gasteiger partial charge < -0.3 is 15.7 Å². The molecule has 3 N–H and O–H groups in total. The second-order valence-corrected chi connectivity index (χ2v) is 7.50. The molecular formula is C21H26N4O2. The quantitative estimate of drug-likeness (QED) is 0.866. The van der Waals surface area contributed by atoms with Crippen LogP contribution in [0.5, 0.6) is 0 Å². The molecule has 6 nitrogen and oxygen atoms in total. The number of aromatic nitrogens is 1. The SMILES string of the molecule is Nc1cccc(C(=O)N2CC[C@](O)(c3ccccc3)[C@H](N3CCCC3)C2)n1. The molecule has 3 heterocycles. The largest absolute Gasteiger partial charge is 0.384 e. The van der Waals surface area contributed by atoms with Crippen LogP contribution in [0, 0.1) is 0 Å². The van der Waals surface area contributed by atoms with Gasteiger partial charge in [0.05, 0.1) is 6.04 Å². The monoisotopic (exact) mass is 366 g/mol. The van der Waals surface area contributed by atoms with Crippen LogP contribution in [0.25, 0.3) is 0 Å². The Morgan fingerprint density at radius 2 is 1.81 bits per heavy atom. The highest BCUT2D eigenvalue weighted by atomic mass is 16.3. The van der Waals surface area contributed by atoms with Crippen LogP contribution < -0.4 is 5.73 Å². The highest BCUT2D eigenvalue weighted by Crippen LogP contribution is 2.37. The van der Waals surface area contributed by atoms with E-state index in [9.17, 15) is 9.90 Å². The van der Waals surface area contributed by atoms with E-state index in [1.165, 1.54) is 0 Å². The molecular weight excluding hydrogens is 340 g/mol. The molecule has 142 valence electrons. The minimum absolute atomic E-state index is 0.124. The van der Waals surface area contributed by atoms with Gasteiger partial charge in [0.15, 0.2) is 0 Å². The lowest BCUT2D eigenvalue weighted by atomic mass is 9.79. The number of nitrogens with zero attached hydrogens (tertiary/aromatic N) is 3. The molecule has 2 aliphatic heterocycles. The molecule has 6 heteroatoms. The standard InChI is InChI=1S/C21H26N4O2/c22-19-10-6-9-17(23-19)20(26)25-14-11-21(27,16-7-2-1-3-8-16)18(15-25)24-12-4-5-13-24/h1-3,6-10,18,27H,4-5,11-15H2,(H2,22,23)/t18-,21+/m1/s1. The summed E-state index contributed by atoms with van der Waals surface area (Å²) in [7, 11) is 0. The summed E-state index contributed by atoms with van der Waals surface area (Å²) in [4.78, 5) is 21.3. The molecule has 0 bridgehead atoms. The number of rotatable bonds is 3. The lowest BCUT2D eigenvalue weighted by Gasteiger charge is -2.48. The van der Waals surface area contributed by atoms with E-state index in [4.69, 9.17) is 5.73 Å². The Hall–Kier alpha value is -2.44. The van der Waals surface area contributed by atoms with Crippen LogP contribution >= 0.6 is 0 Å². The van der Waals surface area contributed by atoms with Crippen LogP contribution in [0.1, 0.15) is 35.3 Å². The van der Waals surface area contributed by atoms with Crippen LogP contribution in [0.2, 0.25) is 0 Å². The summed E-state index contributed by atoms with van der Waals surface area (Å²) in [6.07, 6.45) is 2.77. The number of likely N-dealkylation sites (tertiary alicyclic amines) is 2. The first-order chi connectivity index (χ1) is 13.1. The van der Waals surface area contributed by atoms with Crippen molar-refractivity contribution in [1.29, 1.82) is 0 Å². The third-order valence-corrected chi connectivity index (χ3v) is 5.84. The number of piperidine rings is 1. The van der Waals surface area contributed by atoms with E-state index in [-0.39, 0.29) is 11.9 Å². The Kier molecular flexibility index (Phi) is 4.85. The fourth-order valence-corrected chi connectivity index (χ4v) is 4.37. The van der Waals surface area contributed by atoms with Crippen molar-refractivity contribution < 1.29 is 9.90 Å². The van der Waals surface area contributed by atoms with Crippen LogP contribution in [0.3, 0.4) is 0 Å². The molecule has 0 radical (unpaired) electrons. The smallest absolute Gasteiger partial charge is 0.272 e. The maximum absolute atomic E-state index is 13.0. The fraction of sp³-hybridized carbons (Fsp3) is 0.429. The maximum Gasteiger partial charge on any atom is 0.272 e. The summed E-state index contributed by atoms with van der Waals surface area (Å²) in [5.41, 5.74) is 6.08. The molecule has 27 heavy (non-hydrogen) atoms. The van der Waals surface area contributed by atoms with Crippen molar-refractivity contribution in [3.63, 3.8) is 0 Å². The number of nitrogen functional groups attached to an aromatic ring is 1. The van der Waals surface area contributed by atoms with Crippen molar-refractivity contribution in [2.45, 2.75) is 30.9 Å². The average Bonchev–Trinajstić information content (AvgIpc) is 3.23. The summed E-state index contributed by atoms with van der Waals surface area (Å²) in [5.74, 6) is 0.219. The molecule has 1 amide bonds. The van der Waals surface area contributed by atoms with E-state index >= 15 is 0 Å².